The Hall–Kier alpha value is -1.62. The van der Waals surface area contributed by atoms with Crippen LogP contribution in [0.4, 0.5) is 0 Å². The molecule has 0 spiro atoms. The van der Waals surface area contributed by atoms with E-state index < -0.39 is 0 Å². The van der Waals surface area contributed by atoms with Crippen molar-refractivity contribution in [1.29, 1.82) is 0 Å². The van der Waals surface area contributed by atoms with Gasteiger partial charge in [0, 0.05) is 18.9 Å². The van der Waals surface area contributed by atoms with E-state index in [4.69, 9.17) is 0 Å². The van der Waals surface area contributed by atoms with E-state index in [1.165, 1.54) is 12.0 Å². The van der Waals surface area contributed by atoms with Crippen LogP contribution in [0.25, 0.3) is 0 Å². The summed E-state index contributed by atoms with van der Waals surface area (Å²) in [5.74, 6) is 0.695. The average Bonchev–Trinajstić information content (AvgIpc) is 2.87. The first kappa shape index (κ1) is 9.92. The Morgan fingerprint density at radius 1 is 1.53 bits per heavy atom. The van der Waals surface area contributed by atoms with Gasteiger partial charge in [-0.05, 0) is 18.2 Å². The molecular formula is C10H14N4O. The lowest BCUT2D eigenvalue weighted by atomic mass is 10.3. The second kappa shape index (κ2) is 4.75. The maximum absolute atomic E-state index is 4.67. The lowest BCUT2D eigenvalue weighted by molar-refractivity contribution is 0.408. The molecule has 0 bridgehead atoms. The summed E-state index contributed by atoms with van der Waals surface area (Å²) in [7, 11) is 0. The molecule has 1 N–H and O–H groups in total. The van der Waals surface area contributed by atoms with Crippen molar-refractivity contribution in [2.24, 2.45) is 0 Å². The minimum atomic E-state index is 0.655. The van der Waals surface area contributed by atoms with Gasteiger partial charge in [0.1, 0.15) is 0 Å². The summed E-state index contributed by atoms with van der Waals surface area (Å²) in [6.45, 7) is 4.63. The summed E-state index contributed by atoms with van der Waals surface area (Å²) in [5.41, 5.74) is 1.26. The van der Waals surface area contributed by atoms with Crippen molar-refractivity contribution in [1.82, 2.24) is 20.0 Å². The Morgan fingerprint density at radius 2 is 2.47 bits per heavy atom. The lowest BCUT2D eigenvalue weighted by Crippen LogP contribution is -2.11. The van der Waals surface area contributed by atoms with E-state index in [1.54, 1.807) is 0 Å². The monoisotopic (exact) mass is 206 g/mol. The van der Waals surface area contributed by atoms with Crippen LogP contribution >= 0.6 is 0 Å². The van der Waals surface area contributed by atoms with Gasteiger partial charge in [0.2, 0.25) is 6.39 Å². The van der Waals surface area contributed by atoms with Gasteiger partial charge in [0.25, 0.3) is 0 Å². The summed E-state index contributed by atoms with van der Waals surface area (Å²) in [6, 6.07) is 2.09. The van der Waals surface area contributed by atoms with Crippen molar-refractivity contribution < 1.29 is 4.52 Å². The van der Waals surface area contributed by atoms with E-state index in [-0.39, 0.29) is 0 Å². The van der Waals surface area contributed by atoms with Crippen LogP contribution in [0.2, 0.25) is 0 Å². The van der Waals surface area contributed by atoms with Crippen LogP contribution in [0.1, 0.15) is 18.3 Å². The highest BCUT2D eigenvalue weighted by Crippen LogP contribution is 2.03. The summed E-state index contributed by atoms with van der Waals surface area (Å²) in [5, 5.41) is 7.03. The van der Waals surface area contributed by atoms with Gasteiger partial charge in [-0.1, -0.05) is 12.1 Å². The smallest absolute Gasteiger partial charge is 0.213 e. The number of hydrogen-bond acceptors (Lipinski definition) is 4. The van der Waals surface area contributed by atoms with Crippen molar-refractivity contribution in [2.45, 2.75) is 20.0 Å². The topological polar surface area (TPSA) is 55.9 Å². The molecule has 0 saturated heterocycles. The molecule has 0 aliphatic carbocycles. The number of rotatable bonds is 5. The van der Waals surface area contributed by atoms with E-state index in [0.717, 1.165) is 13.1 Å². The van der Waals surface area contributed by atoms with E-state index in [0.29, 0.717) is 12.4 Å². The van der Waals surface area contributed by atoms with Crippen molar-refractivity contribution >= 4 is 0 Å². The molecular weight excluding hydrogens is 192 g/mol. The van der Waals surface area contributed by atoms with Gasteiger partial charge in [-0.15, -0.1) is 0 Å². The second-order valence-electron chi connectivity index (χ2n) is 3.32. The largest absolute Gasteiger partial charge is 0.346 e. The molecule has 2 heterocycles. The predicted molar refractivity (Wildman–Crippen MR) is 55.2 cm³/mol. The number of nitrogens with zero attached hydrogens (tertiary/aromatic N) is 3. The molecule has 2 aromatic rings. The summed E-state index contributed by atoms with van der Waals surface area (Å²) in [4.78, 5) is 3.97. The first-order valence-corrected chi connectivity index (χ1v) is 4.99. The average molecular weight is 206 g/mol. The third-order valence-corrected chi connectivity index (χ3v) is 2.12. The van der Waals surface area contributed by atoms with Gasteiger partial charge >= 0.3 is 0 Å². The molecule has 0 radical (unpaired) electrons. The summed E-state index contributed by atoms with van der Waals surface area (Å²) in [6.07, 6.45) is 5.44. The maximum Gasteiger partial charge on any atom is 0.213 e. The molecule has 0 aliphatic rings. The SMILES string of the molecule is CCNCc1ccn(Cc2ncon2)c1. The highest BCUT2D eigenvalue weighted by atomic mass is 16.5. The van der Waals surface area contributed by atoms with Gasteiger partial charge in [0.15, 0.2) is 5.82 Å². The van der Waals surface area contributed by atoms with E-state index >= 15 is 0 Å². The highest BCUT2D eigenvalue weighted by Gasteiger charge is 2.00. The fourth-order valence-electron chi connectivity index (χ4n) is 1.39. The lowest BCUT2D eigenvalue weighted by Gasteiger charge is -1.98. The Balaban J connectivity index is 1.95. The molecule has 0 unspecified atom stereocenters. The van der Waals surface area contributed by atoms with Crippen LogP contribution < -0.4 is 5.32 Å². The van der Waals surface area contributed by atoms with Gasteiger partial charge in [-0.3, -0.25) is 0 Å². The van der Waals surface area contributed by atoms with Crippen molar-refractivity contribution in [3.63, 3.8) is 0 Å². The van der Waals surface area contributed by atoms with Gasteiger partial charge in [0.05, 0.1) is 6.54 Å². The normalized spacial score (nSPS) is 10.7. The second-order valence-corrected chi connectivity index (χ2v) is 3.32. The molecule has 0 amide bonds. The Kier molecular flexibility index (Phi) is 3.14. The molecule has 0 aliphatic heterocycles. The minimum absolute atomic E-state index is 0.655. The van der Waals surface area contributed by atoms with Crippen LogP contribution in [0, 0.1) is 0 Å². The number of aromatic nitrogens is 3. The van der Waals surface area contributed by atoms with Crippen LogP contribution in [-0.4, -0.2) is 21.3 Å². The molecule has 2 aromatic heterocycles. The first-order chi connectivity index (χ1) is 7.38. The Labute approximate surface area is 88.1 Å². The molecule has 2 rings (SSSR count). The predicted octanol–water partition coefficient (Wildman–Crippen LogP) is 1.03. The number of hydrogen-bond donors (Lipinski definition) is 1. The van der Waals surface area contributed by atoms with E-state index in [2.05, 4.69) is 39.2 Å². The third kappa shape index (κ3) is 2.66. The van der Waals surface area contributed by atoms with Crippen LogP contribution in [0.3, 0.4) is 0 Å². The van der Waals surface area contributed by atoms with E-state index in [9.17, 15) is 0 Å². The van der Waals surface area contributed by atoms with Gasteiger partial charge < -0.3 is 14.4 Å². The zero-order valence-electron chi connectivity index (χ0n) is 8.68. The zero-order chi connectivity index (χ0) is 10.5. The quantitative estimate of drug-likeness (QED) is 0.793. The van der Waals surface area contributed by atoms with Crippen molar-refractivity contribution in [3.8, 4) is 0 Å². The van der Waals surface area contributed by atoms with Crippen molar-refractivity contribution in [3.05, 3.63) is 36.2 Å². The molecule has 0 fully saturated rings. The van der Waals surface area contributed by atoms with Crippen LogP contribution in [-0.2, 0) is 13.1 Å². The zero-order valence-corrected chi connectivity index (χ0v) is 8.68. The van der Waals surface area contributed by atoms with E-state index in [1.807, 2.05) is 10.8 Å². The standard InChI is InChI=1S/C10H14N4O/c1-2-11-5-9-3-4-14(6-9)7-10-12-8-15-13-10/h3-4,6,8,11H,2,5,7H2,1H3. The highest BCUT2D eigenvalue weighted by molar-refractivity contribution is 5.10. The summed E-state index contributed by atoms with van der Waals surface area (Å²) >= 11 is 0. The molecule has 80 valence electrons. The van der Waals surface area contributed by atoms with Crippen LogP contribution in [0.5, 0.6) is 0 Å². The number of nitrogens with one attached hydrogen (secondary N) is 1. The van der Waals surface area contributed by atoms with Gasteiger partial charge in [-0.25, -0.2) is 0 Å². The molecule has 0 atom stereocenters. The Bertz CT molecular complexity index is 393. The molecule has 5 heteroatoms. The summed E-state index contributed by atoms with van der Waals surface area (Å²) < 4.78 is 6.71. The molecule has 15 heavy (non-hydrogen) atoms. The molecule has 5 nitrogen and oxygen atoms in total. The minimum Gasteiger partial charge on any atom is -0.346 e. The molecule has 0 saturated carbocycles. The fourth-order valence-corrected chi connectivity index (χ4v) is 1.39. The van der Waals surface area contributed by atoms with Crippen molar-refractivity contribution in [2.75, 3.05) is 6.54 Å². The first-order valence-electron chi connectivity index (χ1n) is 4.99. The van der Waals surface area contributed by atoms with Crippen LogP contribution in [0.15, 0.2) is 29.4 Å². The molecule has 0 aromatic carbocycles. The maximum atomic E-state index is 4.67. The van der Waals surface area contributed by atoms with Gasteiger partial charge in [-0.2, -0.15) is 4.98 Å². The fraction of sp³-hybridized carbons (Fsp3) is 0.400. The third-order valence-electron chi connectivity index (χ3n) is 2.12. The Morgan fingerprint density at radius 3 is 3.20 bits per heavy atom.